The summed E-state index contributed by atoms with van der Waals surface area (Å²) in [5.41, 5.74) is 11.7. The number of aromatic nitrogens is 2. The molecule has 0 spiro atoms. The van der Waals surface area contributed by atoms with Gasteiger partial charge in [-0.3, -0.25) is 4.79 Å². The summed E-state index contributed by atoms with van der Waals surface area (Å²) in [7, 11) is 0. The van der Waals surface area contributed by atoms with Crippen LogP contribution < -0.4 is 22.1 Å². The number of anilines is 3. The van der Waals surface area contributed by atoms with E-state index in [0.29, 0.717) is 17.5 Å². The van der Waals surface area contributed by atoms with Gasteiger partial charge in [0.05, 0.1) is 18.5 Å². The van der Waals surface area contributed by atoms with E-state index in [9.17, 15) is 4.79 Å². The van der Waals surface area contributed by atoms with E-state index < -0.39 is 0 Å². The molecule has 1 saturated carbocycles. The number of carbonyl (C=O) groups is 1. The number of primary amides is 1. The van der Waals surface area contributed by atoms with Crippen molar-refractivity contribution in [3.05, 3.63) is 6.20 Å². The monoisotopic (exact) mass is 308 g/mol. The van der Waals surface area contributed by atoms with Crippen LogP contribution in [0.4, 0.5) is 17.5 Å². The van der Waals surface area contributed by atoms with Crippen LogP contribution in [0.5, 0.6) is 0 Å². The standard InChI is InChI=1S/C14H24N6O2/c1-8(7-21)18-14-17-6-11(15)13(20-14)19-10-4-2-9(3-5-10)12(16)22/h6,8-10,21H,2-5,7,15H2,1H3,(H2,16,22)(H2,17,18,19,20)/t8-,9-,10-/m0/s1. The summed E-state index contributed by atoms with van der Waals surface area (Å²) in [6, 6.07) is 0.0818. The van der Waals surface area contributed by atoms with Gasteiger partial charge >= 0.3 is 0 Å². The van der Waals surface area contributed by atoms with Gasteiger partial charge in [-0.05, 0) is 32.6 Å². The van der Waals surface area contributed by atoms with Crippen LogP contribution >= 0.6 is 0 Å². The fourth-order valence-electron chi connectivity index (χ4n) is 2.56. The zero-order chi connectivity index (χ0) is 16.1. The van der Waals surface area contributed by atoms with Crippen molar-refractivity contribution in [2.75, 3.05) is 23.0 Å². The van der Waals surface area contributed by atoms with Crippen molar-refractivity contribution in [1.29, 1.82) is 0 Å². The van der Waals surface area contributed by atoms with Crippen LogP contribution in [-0.2, 0) is 4.79 Å². The molecule has 0 aromatic carbocycles. The van der Waals surface area contributed by atoms with Gasteiger partial charge in [0.15, 0.2) is 5.82 Å². The average Bonchev–Trinajstić information content (AvgIpc) is 2.51. The molecule has 7 N–H and O–H groups in total. The second kappa shape index (κ2) is 7.26. The molecule has 122 valence electrons. The minimum atomic E-state index is -0.218. The summed E-state index contributed by atoms with van der Waals surface area (Å²) < 4.78 is 0. The van der Waals surface area contributed by atoms with Crippen LogP contribution in [0.15, 0.2) is 6.20 Å². The Labute approximate surface area is 129 Å². The van der Waals surface area contributed by atoms with Crippen molar-refractivity contribution in [1.82, 2.24) is 9.97 Å². The Hall–Kier alpha value is -2.09. The molecule has 0 saturated heterocycles. The number of aliphatic hydroxyl groups excluding tert-OH is 1. The molecular formula is C14H24N6O2. The molecule has 0 unspecified atom stereocenters. The van der Waals surface area contributed by atoms with E-state index in [1.165, 1.54) is 6.20 Å². The molecule has 1 fully saturated rings. The van der Waals surface area contributed by atoms with Gasteiger partial charge in [-0.1, -0.05) is 0 Å². The summed E-state index contributed by atoms with van der Waals surface area (Å²) in [4.78, 5) is 19.6. The molecule has 8 heteroatoms. The third kappa shape index (κ3) is 4.20. The molecule has 2 rings (SSSR count). The first-order valence-electron chi connectivity index (χ1n) is 7.55. The lowest BCUT2D eigenvalue weighted by Gasteiger charge is -2.28. The van der Waals surface area contributed by atoms with Gasteiger partial charge < -0.3 is 27.2 Å². The predicted molar refractivity (Wildman–Crippen MR) is 85.2 cm³/mol. The maximum absolute atomic E-state index is 11.2. The minimum absolute atomic E-state index is 0.00632. The van der Waals surface area contributed by atoms with Crippen molar-refractivity contribution in [3.8, 4) is 0 Å². The molecular weight excluding hydrogens is 284 g/mol. The van der Waals surface area contributed by atoms with Gasteiger partial charge in [0.1, 0.15) is 0 Å². The third-order valence-corrected chi connectivity index (χ3v) is 3.94. The number of nitrogen functional groups attached to an aromatic ring is 1. The van der Waals surface area contributed by atoms with E-state index in [2.05, 4.69) is 20.6 Å². The summed E-state index contributed by atoms with van der Waals surface area (Å²) in [5, 5.41) is 15.4. The molecule has 1 heterocycles. The van der Waals surface area contributed by atoms with Gasteiger partial charge in [-0.25, -0.2) is 4.98 Å². The van der Waals surface area contributed by atoms with Crippen molar-refractivity contribution >= 4 is 23.4 Å². The maximum atomic E-state index is 11.2. The first-order chi connectivity index (χ1) is 10.5. The summed E-state index contributed by atoms with van der Waals surface area (Å²) >= 11 is 0. The summed E-state index contributed by atoms with van der Waals surface area (Å²) in [5.74, 6) is 0.752. The van der Waals surface area contributed by atoms with Crippen LogP contribution in [-0.4, -0.2) is 39.7 Å². The van der Waals surface area contributed by atoms with Gasteiger partial charge in [-0.2, -0.15) is 4.98 Å². The Bertz CT molecular complexity index is 516. The highest BCUT2D eigenvalue weighted by atomic mass is 16.3. The van der Waals surface area contributed by atoms with Crippen LogP contribution in [0.1, 0.15) is 32.6 Å². The van der Waals surface area contributed by atoms with E-state index in [4.69, 9.17) is 16.6 Å². The van der Waals surface area contributed by atoms with Crippen LogP contribution in [0.25, 0.3) is 0 Å². The highest BCUT2D eigenvalue weighted by Crippen LogP contribution is 2.27. The number of nitrogens with one attached hydrogen (secondary N) is 2. The van der Waals surface area contributed by atoms with Crippen LogP contribution in [0.2, 0.25) is 0 Å². The molecule has 1 aromatic heterocycles. The number of carbonyl (C=O) groups excluding carboxylic acids is 1. The first-order valence-corrected chi connectivity index (χ1v) is 7.55. The Morgan fingerprint density at radius 1 is 1.45 bits per heavy atom. The number of hydrogen-bond donors (Lipinski definition) is 5. The lowest BCUT2D eigenvalue weighted by Crippen LogP contribution is -2.33. The van der Waals surface area contributed by atoms with Crippen molar-refractivity contribution in [2.45, 2.75) is 44.7 Å². The number of nitrogens with two attached hydrogens (primary N) is 2. The topological polar surface area (TPSA) is 139 Å². The number of hydrogen-bond acceptors (Lipinski definition) is 7. The molecule has 1 aromatic rings. The second-order valence-electron chi connectivity index (χ2n) is 5.82. The van der Waals surface area contributed by atoms with Crippen LogP contribution in [0.3, 0.4) is 0 Å². The minimum Gasteiger partial charge on any atom is -0.394 e. The molecule has 0 radical (unpaired) electrons. The van der Waals surface area contributed by atoms with Crippen molar-refractivity contribution in [3.63, 3.8) is 0 Å². The molecule has 8 nitrogen and oxygen atoms in total. The summed E-state index contributed by atoms with van der Waals surface area (Å²) in [6.45, 7) is 1.82. The van der Waals surface area contributed by atoms with E-state index in [1.54, 1.807) is 0 Å². The average molecular weight is 308 g/mol. The lowest BCUT2D eigenvalue weighted by atomic mass is 9.85. The Balaban J connectivity index is 1.97. The molecule has 1 amide bonds. The third-order valence-electron chi connectivity index (χ3n) is 3.94. The zero-order valence-corrected chi connectivity index (χ0v) is 12.7. The van der Waals surface area contributed by atoms with Crippen LogP contribution in [0, 0.1) is 5.92 Å². The molecule has 1 aliphatic carbocycles. The first kappa shape index (κ1) is 16.3. The van der Waals surface area contributed by atoms with E-state index in [1.807, 2.05) is 6.92 Å². The normalized spacial score (nSPS) is 22.8. The van der Waals surface area contributed by atoms with Crippen molar-refractivity contribution in [2.24, 2.45) is 11.7 Å². The van der Waals surface area contributed by atoms with E-state index in [0.717, 1.165) is 25.7 Å². The Morgan fingerprint density at radius 2 is 2.14 bits per heavy atom. The van der Waals surface area contributed by atoms with Gasteiger partial charge in [0.2, 0.25) is 11.9 Å². The van der Waals surface area contributed by atoms with E-state index >= 15 is 0 Å². The number of rotatable bonds is 6. The molecule has 1 atom stereocenters. The van der Waals surface area contributed by atoms with E-state index in [-0.39, 0.29) is 30.5 Å². The quantitative estimate of drug-likeness (QED) is 0.509. The number of aliphatic hydroxyl groups is 1. The fraction of sp³-hybridized carbons (Fsp3) is 0.643. The molecule has 1 aliphatic rings. The largest absolute Gasteiger partial charge is 0.394 e. The molecule has 0 bridgehead atoms. The van der Waals surface area contributed by atoms with Gasteiger partial charge in [0, 0.05) is 18.0 Å². The Kier molecular flexibility index (Phi) is 5.37. The van der Waals surface area contributed by atoms with Gasteiger partial charge in [-0.15, -0.1) is 0 Å². The number of amides is 1. The van der Waals surface area contributed by atoms with Crippen molar-refractivity contribution < 1.29 is 9.90 Å². The maximum Gasteiger partial charge on any atom is 0.225 e. The molecule has 0 aliphatic heterocycles. The fourth-order valence-corrected chi connectivity index (χ4v) is 2.56. The predicted octanol–water partition coefficient (Wildman–Crippen LogP) is 0.307. The van der Waals surface area contributed by atoms with Gasteiger partial charge in [0.25, 0.3) is 0 Å². The lowest BCUT2D eigenvalue weighted by molar-refractivity contribution is -0.122. The number of nitrogens with zero attached hydrogens (tertiary/aromatic N) is 2. The zero-order valence-electron chi connectivity index (χ0n) is 12.7. The molecule has 22 heavy (non-hydrogen) atoms. The smallest absolute Gasteiger partial charge is 0.225 e. The summed E-state index contributed by atoms with van der Waals surface area (Å²) in [6.07, 6.45) is 4.81. The second-order valence-corrected chi connectivity index (χ2v) is 5.82. The highest BCUT2D eigenvalue weighted by molar-refractivity contribution is 5.76. The highest BCUT2D eigenvalue weighted by Gasteiger charge is 2.25. The Morgan fingerprint density at radius 3 is 2.73 bits per heavy atom. The SMILES string of the molecule is C[C@@H](CO)Nc1ncc(N)c(N[C@H]2CC[C@H](C(N)=O)CC2)n1.